The molecule has 1 aliphatic rings. The Morgan fingerprint density at radius 3 is 2.41 bits per heavy atom. The van der Waals surface area contributed by atoms with Crippen molar-refractivity contribution in [3.63, 3.8) is 0 Å². The van der Waals surface area contributed by atoms with E-state index in [0.717, 1.165) is 17.5 Å². The number of carbonyl (C=O) groups excluding carboxylic acids is 3. The zero-order valence-corrected chi connectivity index (χ0v) is 17.3. The number of benzene rings is 2. The molecule has 1 heterocycles. The fraction of sp³-hybridized carbons (Fsp3) is 0.318. The maximum absolute atomic E-state index is 12.9. The molecule has 1 aliphatic heterocycles. The molecule has 1 fully saturated rings. The molecule has 1 saturated heterocycles. The minimum Gasteiger partial charge on any atom is -0.338 e. The second-order valence-electron chi connectivity index (χ2n) is 7.42. The first-order valence-corrected chi connectivity index (χ1v) is 9.94. The van der Waals surface area contributed by atoms with Crippen LogP contribution in [0.2, 0.25) is 5.02 Å². The second kappa shape index (κ2) is 9.09. The molecule has 1 atom stereocenters. The van der Waals surface area contributed by atoms with Crippen LogP contribution in [-0.4, -0.2) is 35.7 Å². The summed E-state index contributed by atoms with van der Waals surface area (Å²) in [5.74, 6) is -1.20. The van der Waals surface area contributed by atoms with Gasteiger partial charge in [-0.05, 0) is 57.0 Å². The fourth-order valence-electron chi connectivity index (χ4n) is 3.58. The lowest BCUT2D eigenvalue weighted by atomic mass is 9.96. The molecule has 2 aromatic carbocycles. The fourth-order valence-corrected chi connectivity index (χ4v) is 3.77. The second-order valence-corrected chi connectivity index (χ2v) is 7.86. The standard InChI is InChI=1S/C22H24ClN3O3/c1-14-9-15(2)11-18(10-14)22(29)26-8-4-6-17(13-26)21(28)25-24-20(27)16-5-3-7-19(23)12-16/h3,5,7,9-12,17H,4,6,8,13H2,1-2H3,(H,24,27)(H,25,28). The zero-order chi connectivity index (χ0) is 21.0. The Bertz CT molecular complexity index is 924. The van der Waals surface area contributed by atoms with E-state index in [1.807, 2.05) is 32.0 Å². The number of rotatable bonds is 3. The van der Waals surface area contributed by atoms with Gasteiger partial charge in [-0.1, -0.05) is 34.9 Å². The van der Waals surface area contributed by atoms with Gasteiger partial charge in [0.25, 0.3) is 11.8 Å². The van der Waals surface area contributed by atoms with Crippen LogP contribution in [0.4, 0.5) is 0 Å². The molecule has 6 nitrogen and oxygen atoms in total. The van der Waals surface area contributed by atoms with Gasteiger partial charge in [0.05, 0.1) is 5.92 Å². The largest absolute Gasteiger partial charge is 0.338 e. The highest BCUT2D eigenvalue weighted by atomic mass is 35.5. The third-order valence-corrected chi connectivity index (χ3v) is 5.17. The molecule has 0 bridgehead atoms. The summed E-state index contributed by atoms with van der Waals surface area (Å²) in [6.45, 7) is 4.85. The number of nitrogens with zero attached hydrogens (tertiary/aromatic N) is 1. The minimum atomic E-state index is -0.445. The summed E-state index contributed by atoms with van der Waals surface area (Å²) in [5.41, 5.74) is 7.93. The van der Waals surface area contributed by atoms with Crippen molar-refractivity contribution in [2.75, 3.05) is 13.1 Å². The van der Waals surface area contributed by atoms with Gasteiger partial charge in [-0.25, -0.2) is 0 Å². The van der Waals surface area contributed by atoms with Crippen molar-refractivity contribution in [1.29, 1.82) is 0 Å². The third kappa shape index (κ3) is 5.35. The molecule has 7 heteroatoms. The van der Waals surface area contributed by atoms with Gasteiger partial charge in [0.15, 0.2) is 0 Å². The summed E-state index contributed by atoms with van der Waals surface area (Å²) in [4.78, 5) is 39.3. The molecule has 29 heavy (non-hydrogen) atoms. The summed E-state index contributed by atoms with van der Waals surface area (Å²) in [5, 5.41) is 0.441. The van der Waals surface area contributed by atoms with Crippen molar-refractivity contribution in [2.24, 2.45) is 5.92 Å². The van der Waals surface area contributed by atoms with Crippen LogP contribution < -0.4 is 10.9 Å². The molecule has 2 N–H and O–H groups in total. The molecule has 2 aromatic rings. The Kier molecular flexibility index (Phi) is 6.54. The van der Waals surface area contributed by atoms with E-state index in [1.165, 1.54) is 6.07 Å². The zero-order valence-electron chi connectivity index (χ0n) is 16.5. The van der Waals surface area contributed by atoms with E-state index in [2.05, 4.69) is 10.9 Å². The van der Waals surface area contributed by atoms with E-state index >= 15 is 0 Å². The lowest BCUT2D eigenvalue weighted by Gasteiger charge is -2.32. The Morgan fingerprint density at radius 2 is 1.72 bits per heavy atom. The van der Waals surface area contributed by atoms with E-state index in [9.17, 15) is 14.4 Å². The van der Waals surface area contributed by atoms with Gasteiger partial charge >= 0.3 is 0 Å². The summed E-state index contributed by atoms with van der Waals surface area (Å²) < 4.78 is 0. The van der Waals surface area contributed by atoms with Crippen molar-refractivity contribution in [1.82, 2.24) is 15.8 Å². The quantitative estimate of drug-likeness (QED) is 0.758. The monoisotopic (exact) mass is 413 g/mol. The predicted molar refractivity (Wildman–Crippen MR) is 112 cm³/mol. The number of carbonyl (C=O) groups is 3. The van der Waals surface area contributed by atoms with Gasteiger partial charge in [-0.15, -0.1) is 0 Å². The third-order valence-electron chi connectivity index (χ3n) is 4.93. The molecule has 3 rings (SSSR count). The first kappa shape index (κ1) is 20.9. The van der Waals surface area contributed by atoms with Gasteiger partial charge in [-0.2, -0.15) is 0 Å². The van der Waals surface area contributed by atoms with Crippen molar-refractivity contribution in [3.8, 4) is 0 Å². The predicted octanol–water partition coefficient (Wildman–Crippen LogP) is 3.27. The van der Waals surface area contributed by atoms with Crippen LogP contribution in [-0.2, 0) is 4.79 Å². The Balaban J connectivity index is 1.59. The highest BCUT2D eigenvalue weighted by Crippen LogP contribution is 2.20. The Hall–Kier alpha value is -2.86. The molecule has 0 spiro atoms. The summed E-state index contributed by atoms with van der Waals surface area (Å²) in [7, 11) is 0. The van der Waals surface area contributed by atoms with Crippen LogP contribution >= 0.6 is 11.6 Å². The number of amides is 3. The van der Waals surface area contributed by atoms with E-state index < -0.39 is 5.91 Å². The van der Waals surface area contributed by atoms with Gasteiger partial charge in [0, 0.05) is 29.2 Å². The number of halogens is 1. The van der Waals surface area contributed by atoms with Crippen LogP contribution in [0, 0.1) is 19.8 Å². The average Bonchev–Trinajstić information content (AvgIpc) is 2.70. The highest BCUT2D eigenvalue weighted by Gasteiger charge is 2.29. The lowest BCUT2D eigenvalue weighted by molar-refractivity contribution is -0.127. The van der Waals surface area contributed by atoms with Gasteiger partial charge in [0.2, 0.25) is 5.91 Å². The van der Waals surface area contributed by atoms with E-state index in [1.54, 1.807) is 23.1 Å². The van der Waals surface area contributed by atoms with E-state index in [-0.39, 0.29) is 17.7 Å². The van der Waals surface area contributed by atoms with Crippen molar-refractivity contribution in [2.45, 2.75) is 26.7 Å². The molecular formula is C22H24ClN3O3. The first-order valence-electron chi connectivity index (χ1n) is 9.57. The van der Waals surface area contributed by atoms with Crippen LogP contribution in [0.5, 0.6) is 0 Å². The molecular weight excluding hydrogens is 390 g/mol. The minimum absolute atomic E-state index is 0.0720. The Morgan fingerprint density at radius 1 is 1.00 bits per heavy atom. The molecule has 0 aromatic heterocycles. The van der Waals surface area contributed by atoms with Crippen molar-refractivity contribution < 1.29 is 14.4 Å². The summed E-state index contributed by atoms with van der Waals surface area (Å²) in [6.07, 6.45) is 1.40. The maximum Gasteiger partial charge on any atom is 0.269 e. The summed E-state index contributed by atoms with van der Waals surface area (Å²) >= 11 is 5.88. The number of hydrogen-bond donors (Lipinski definition) is 2. The Labute approximate surface area is 175 Å². The number of piperidine rings is 1. The smallest absolute Gasteiger partial charge is 0.269 e. The topological polar surface area (TPSA) is 78.5 Å². The maximum atomic E-state index is 12.9. The van der Waals surface area contributed by atoms with Crippen molar-refractivity contribution in [3.05, 3.63) is 69.7 Å². The van der Waals surface area contributed by atoms with Gasteiger partial charge in [0.1, 0.15) is 0 Å². The van der Waals surface area contributed by atoms with E-state index in [0.29, 0.717) is 35.7 Å². The molecule has 0 saturated carbocycles. The van der Waals surface area contributed by atoms with Crippen LogP contribution in [0.1, 0.15) is 44.7 Å². The molecule has 0 radical (unpaired) electrons. The van der Waals surface area contributed by atoms with E-state index in [4.69, 9.17) is 11.6 Å². The molecule has 1 unspecified atom stereocenters. The number of aryl methyl sites for hydroxylation is 2. The first-order chi connectivity index (χ1) is 13.8. The molecule has 0 aliphatic carbocycles. The lowest BCUT2D eigenvalue weighted by Crippen LogP contribution is -2.50. The summed E-state index contributed by atoms with van der Waals surface area (Å²) in [6, 6.07) is 12.2. The molecule has 152 valence electrons. The van der Waals surface area contributed by atoms with Crippen LogP contribution in [0.3, 0.4) is 0 Å². The highest BCUT2D eigenvalue weighted by molar-refractivity contribution is 6.30. The van der Waals surface area contributed by atoms with Gasteiger partial charge in [-0.3, -0.25) is 25.2 Å². The normalized spacial score (nSPS) is 16.2. The average molecular weight is 414 g/mol. The number of hydrogen-bond acceptors (Lipinski definition) is 3. The van der Waals surface area contributed by atoms with Gasteiger partial charge < -0.3 is 4.90 Å². The molecule has 3 amide bonds. The van der Waals surface area contributed by atoms with Crippen molar-refractivity contribution >= 4 is 29.3 Å². The van der Waals surface area contributed by atoms with Crippen LogP contribution in [0.25, 0.3) is 0 Å². The SMILES string of the molecule is Cc1cc(C)cc(C(=O)N2CCCC(C(=O)NNC(=O)c3cccc(Cl)c3)C2)c1. The number of hydrazine groups is 1. The number of likely N-dealkylation sites (tertiary alicyclic amines) is 1. The van der Waals surface area contributed by atoms with Crippen LogP contribution in [0.15, 0.2) is 42.5 Å². The number of nitrogens with one attached hydrogen (secondary N) is 2.